The summed E-state index contributed by atoms with van der Waals surface area (Å²) in [6, 6.07) is 0. The average molecular weight is 343 g/mol. The van der Waals surface area contributed by atoms with E-state index in [-0.39, 0.29) is 0 Å². The van der Waals surface area contributed by atoms with Gasteiger partial charge in [0.05, 0.1) is 22.0 Å². The van der Waals surface area contributed by atoms with Crippen LogP contribution in [0, 0.1) is 12.8 Å². The lowest BCUT2D eigenvalue weighted by Gasteiger charge is -2.34. The van der Waals surface area contributed by atoms with Crippen LogP contribution in [0.3, 0.4) is 0 Å². The summed E-state index contributed by atoms with van der Waals surface area (Å²) >= 11 is 3.54. The van der Waals surface area contributed by atoms with E-state index >= 15 is 0 Å². The molecule has 0 atom stereocenters. The molecule has 1 heterocycles. The standard InChI is InChI=1S/C15H23BrN2O2/c1-4-18-14(15(16)10(3)17-18)9-12(19)6-11-7-13(8-11)20-5-2/h11,13H,4-9H2,1-3H3. The molecule has 0 aliphatic heterocycles. The number of carbonyl (C=O) groups is 1. The van der Waals surface area contributed by atoms with Crippen LogP contribution in [0.1, 0.15) is 44.5 Å². The van der Waals surface area contributed by atoms with Crippen LogP contribution in [0.2, 0.25) is 0 Å². The lowest BCUT2D eigenvalue weighted by molar-refractivity contribution is -0.121. The van der Waals surface area contributed by atoms with Gasteiger partial charge in [0.1, 0.15) is 5.78 Å². The molecule has 2 rings (SSSR count). The zero-order valence-electron chi connectivity index (χ0n) is 12.5. The number of hydrogen-bond acceptors (Lipinski definition) is 3. The Morgan fingerprint density at radius 1 is 1.45 bits per heavy atom. The molecule has 112 valence electrons. The molecule has 1 aliphatic carbocycles. The van der Waals surface area contributed by atoms with Crippen molar-refractivity contribution < 1.29 is 9.53 Å². The molecule has 0 N–H and O–H groups in total. The van der Waals surface area contributed by atoms with E-state index in [4.69, 9.17) is 4.74 Å². The third-order valence-corrected chi connectivity index (χ3v) is 4.96. The summed E-state index contributed by atoms with van der Waals surface area (Å²) in [5.41, 5.74) is 1.96. The van der Waals surface area contributed by atoms with Gasteiger partial charge in [0.2, 0.25) is 0 Å². The average Bonchev–Trinajstić information content (AvgIpc) is 2.64. The summed E-state index contributed by atoms with van der Waals surface area (Å²) in [7, 11) is 0. The molecule has 1 aromatic rings. The van der Waals surface area contributed by atoms with Crippen molar-refractivity contribution >= 4 is 21.7 Å². The number of Topliss-reactive ketones (excluding diaryl/α,β-unsaturated/α-hetero) is 1. The molecule has 1 aliphatic rings. The third-order valence-electron chi connectivity index (χ3n) is 3.93. The predicted octanol–water partition coefficient (Wildman–Crippen LogP) is 3.29. The van der Waals surface area contributed by atoms with Gasteiger partial charge in [0.25, 0.3) is 0 Å². The van der Waals surface area contributed by atoms with Crippen molar-refractivity contribution in [3.05, 3.63) is 15.9 Å². The van der Waals surface area contributed by atoms with Gasteiger partial charge in [-0.15, -0.1) is 0 Å². The zero-order valence-corrected chi connectivity index (χ0v) is 14.1. The summed E-state index contributed by atoms with van der Waals surface area (Å²) in [6.45, 7) is 7.59. The number of nitrogens with zero attached hydrogens (tertiary/aromatic N) is 2. The third kappa shape index (κ3) is 3.50. The van der Waals surface area contributed by atoms with Crippen molar-refractivity contribution in [2.75, 3.05) is 6.61 Å². The Morgan fingerprint density at radius 3 is 2.75 bits per heavy atom. The number of rotatable bonds is 7. The molecule has 0 amide bonds. The molecule has 0 bridgehead atoms. The largest absolute Gasteiger partial charge is 0.378 e. The fourth-order valence-electron chi connectivity index (χ4n) is 2.83. The van der Waals surface area contributed by atoms with Crippen LogP contribution in [0.4, 0.5) is 0 Å². The fraction of sp³-hybridized carbons (Fsp3) is 0.733. The topological polar surface area (TPSA) is 44.1 Å². The Bertz CT molecular complexity index is 478. The molecule has 0 spiro atoms. The summed E-state index contributed by atoms with van der Waals surface area (Å²) in [5, 5.41) is 4.43. The second kappa shape index (κ2) is 6.85. The lowest BCUT2D eigenvalue weighted by atomic mass is 9.78. The van der Waals surface area contributed by atoms with E-state index in [0.29, 0.717) is 30.6 Å². The zero-order chi connectivity index (χ0) is 14.7. The molecular weight excluding hydrogens is 320 g/mol. The van der Waals surface area contributed by atoms with Crippen LogP contribution in [-0.2, 0) is 22.5 Å². The smallest absolute Gasteiger partial charge is 0.139 e. The normalized spacial score (nSPS) is 21.8. The van der Waals surface area contributed by atoms with Crippen molar-refractivity contribution in [3.8, 4) is 0 Å². The van der Waals surface area contributed by atoms with Crippen LogP contribution in [0.15, 0.2) is 4.47 Å². The molecule has 1 saturated carbocycles. The monoisotopic (exact) mass is 342 g/mol. The Hall–Kier alpha value is -0.680. The summed E-state index contributed by atoms with van der Waals surface area (Å²) < 4.78 is 8.43. The van der Waals surface area contributed by atoms with Gasteiger partial charge in [-0.05, 0) is 55.5 Å². The van der Waals surface area contributed by atoms with Gasteiger partial charge in [-0.3, -0.25) is 9.48 Å². The molecule has 0 radical (unpaired) electrons. The van der Waals surface area contributed by atoms with E-state index in [1.807, 2.05) is 25.5 Å². The van der Waals surface area contributed by atoms with Gasteiger partial charge in [-0.1, -0.05) is 0 Å². The first-order valence-electron chi connectivity index (χ1n) is 7.40. The van der Waals surface area contributed by atoms with E-state index in [2.05, 4.69) is 21.0 Å². The summed E-state index contributed by atoms with van der Waals surface area (Å²) in [5.74, 6) is 0.817. The highest BCUT2D eigenvalue weighted by Crippen LogP contribution is 2.33. The molecule has 1 aromatic heterocycles. The maximum Gasteiger partial charge on any atom is 0.139 e. The minimum absolute atomic E-state index is 0.306. The molecule has 5 heteroatoms. The van der Waals surface area contributed by atoms with Crippen molar-refractivity contribution in [1.29, 1.82) is 0 Å². The number of aromatic nitrogens is 2. The fourth-order valence-corrected chi connectivity index (χ4v) is 3.26. The Balaban J connectivity index is 1.86. The Labute approximate surface area is 129 Å². The first-order chi connectivity index (χ1) is 9.55. The molecule has 4 nitrogen and oxygen atoms in total. The maximum absolute atomic E-state index is 12.2. The number of halogens is 1. The van der Waals surface area contributed by atoms with Crippen LogP contribution in [-0.4, -0.2) is 28.3 Å². The maximum atomic E-state index is 12.2. The predicted molar refractivity (Wildman–Crippen MR) is 81.8 cm³/mol. The number of ether oxygens (including phenoxy) is 1. The van der Waals surface area contributed by atoms with E-state index in [1.54, 1.807) is 0 Å². The molecule has 0 unspecified atom stereocenters. The van der Waals surface area contributed by atoms with Crippen LogP contribution >= 0.6 is 15.9 Å². The van der Waals surface area contributed by atoms with E-state index in [9.17, 15) is 4.79 Å². The van der Waals surface area contributed by atoms with E-state index < -0.39 is 0 Å². The highest BCUT2D eigenvalue weighted by molar-refractivity contribution is 9.10. The SMILES string of the molecule is CCOC1CC(CC(=O)Cc2c(Br)c(C)nn2CC)C1. The van der Waals surface area contributed by atoms with Crippen molar-refractivity contribution in [1.82, 2.24) is 9.78 Å². The van der Waals surface area contributed by atoms with Crippen molar-refractivity contribution in [3.63, 3.8) is 0 Å². The first kappa shape index (κ1) is 15.7. The Kier molecular flexibility index (Phi) is 5.38. The second-order valence-electron chi connectivity index (χ2n) is 5.50. The molecule has 0 aromatic carbocycles. The second-order valence-corrected chi connectivity index (χ2v) is 6.29. The highest BCUT2D eigenvalue weighted by Gasteiger charge is 2.31. The molecule has 1 fully saturated rings. The Morgan fingerprint density at radius 2 is 2.15 bits per heavy atom. The van der Waals surface area contributed by atoms with Crippen molar-refractivity contribution in [2.24, 2.45) is 5.92 Å². The molecule has 20 heavy (non-hydrogen) atoms. The minimum atomic E-state index is 0.306. The van der Waals surface area contributed by atoms with Gasteiger partial charge < -0.3 is 4.74 Å². The van der Waals surface area contributed by atoms with Crippen LogP contribution < -0.4 is 0 Å². The van der Waals surface area contributed by atoms with Crippen LogP contribution in [0.25, 0.3) is 0 Å². The van der Waals surface area contributed by atoms with Gasteiger partial charge in [0.15, 0.2) is 0 Å². The van der Waals surface area contributed by atoms with Gasteiger partial charge in [-0.25, -0.2) is 0 Å². The molecular formula is C15H23BrN2O2. The number of carbonyl (C=O) groups excluding carboxylic acids is 1. The van der Waals surface area contributed by atoms with Crippen molar-refractivity contribution in [2.45, 2.75) is 59.1 Å². The highest BCUT2D eigenvalue weighted by atomic mass is 79.9. The minimum Gasteiger partial charge on any atom is -0.378 e. The van der Waals surface area contributed by atoms with E-state index in [1.165, 1.54) is 0 Å². The van der Waals surface area contributed by atoms with Gasteiger partial charge in [0, 0.05) is 26.0 Å². The first-order valence-corrected chi connectivity index (χ1v) is 8.19. The summed E-state index contributed by atoms with van der Waals surface area (Å²) in [6.07, 6.45) is 3.60. The summed E-state index contributed by atoms with van der Waals surface area (Å²) in [4.78, 5) is 12.2. The van der Waals surface area contributed by atoms with E-state index in [0.717, 1.165) is 41.9 Å². The van der Waals surface area contributed by atoms with Gasteiger partial charge in [-0.2, -0.15) is 5.10 Å². The van der Waals surface area contributed by atoms with Crippen LogP contribution in [0.5, 0.6) is 0 Å². The quantitative estimate of drug-likeness (QED) is 0.763. The lowest BCUT2D eigenvalue weighted by Crippen LogP contribution is -2.33. The number of hydrogen-bond donors (Lipinski definition) is 0. The number of ketones is 1. The molecule has 0 saturated heterocycles. The number of aryl methyl sites for hydroxylation is 2. The van der Waals surface area contributed by atoms with Gasteiger partial charge >= 0.3 is 0 Å².